The predicted octanol–water partition coefficient (Wildman–Crippen LogP) is 0.614. The van der Waals surface area contributed by atoms with Gasteiger partial charge in [-0.1, -0.05) is 0 Å². The molecule has 1 aromatic rings. The molecule has 19 heavy (non-hydrogen) atoms. The average Bonchev–Trinajstić information content (AvgIpc) is 2.42. The van der Waals surface area contributed by atoms with Crippen LogP contribution in [0.15, 0.2) is 12.4 Å². The fraction of sp³-hybridized carbons (Fsp3) is 0.692. The highest BCUT2D eigenvalue weighted by atomic mass is 15.2. The van der Waals surface area contributed by atoms with Crippen LogP contribution in [0.1, 0.15) is 13.3 Å². The predicted molar refractivity (Wildman–Crippen MR) is 78.6 cm³/mol. The number of hydrogen-bond acceptors (Lipinski definition) is 6. The van der Waals surface area contributed by atoms with Gasteiger partial charge in [-0.3, -0.25) is 0 Å². The Hall–Kier alpha value is -1.40. The first-order chi connectivity index (χ1) is 9.29. The van der Waals surface area contributed by atoms with Crippen LogP contribution in [0.2, 0.25) is 0 Å². The van der Waals surface area contributed by atoms with Crippen LogP contribution in [0.5, 0.6) is 0 Å². The summed E-state index contributed by atoms with van der Waals surface area (Å²) in [7, 11) is 2.19. The minimum Gasteiger partial charge on any atom is -0.370 e. The molecule has 1 saturated heterocycles. The summed E-state index contributed by atoms with van der Waals surface area (Å²) in [6.45, 7) is 7.15. The normalized spacial score (nSPS) is 20.2. The van der Waals surface area contributed by atoms with Crippen LogP contribution in [0.3, 0.4) is 0 Å². The standard InChI is InChI=1S/C13H24N6/c1-3-15-12-8-13(18-10-17-12)16-5-4-11-9-14-6-7-19(11)2/h8,10-11,14H,3-7,9H2,1-2H3,(H2,15,16,17,18). The summed E-state index contributed by atoms with van der Waals surface area (Å²) in [5.74, 6) is 1.76. The zero-order valence-corrected chi connectivity index (χ0v) is 11.8. The summed E-state index contributed by atoms with van der Waals surface area (Å²) in [5.41, 5.74) is 0. The Balaban J connectivity index is 1.77. The molecule has 1 aliphatic heterocycles. The van der Waals surface area contributed by atoms with Crippen molar-refractivity contribution < 1.29 is 0 Å². The Bertz CT molecular complexity index is 383. The molecule has 0 spiro atoms. The molecule has 1 aromatic heterocycles. The lowest BCUT2D eigenvalue weighted by molar-refractivity contribution is 0.194. The van der Waals surface area contributed by atoms with Crippen LogP contribution in [0, 0.1) is 0 Å². The molecular formula is C13H24N6. The van der Waals surface area contributed by atoms with Gasteiger partial charge in [-0.2, -0.15) is 0 Å². The van der Waals surface area contributed by atoms with Crippen molar-refractivity contribution in [1.82, 2.24) is 20.2 Å². The minimum atomic E-state index is 0.608. The van der Waals surface area contributed by atoms with Crippen molar-refractivity contribution in [2.75, 3.05) is 50.4 Å². The molecule has 3 N–H and O–H groups in total. The molecule has 0 bridgehead atoms. The van der Waals surface area contributed by atoms with Gasteiger partial charge in [0.25, 0.3) is 0 Å². The second kappa shape index (κ2) is 7.25. The number of anilines is 2. The van der Waals surface area contributed by atoms with E-state index >= 15 is 0 Å². The van der Waals surface area contributed by atoms with Crippen molar-refractivity contribution >= 4 is 11.6 Å². The Morgan fingerprint density at radius 3 is 2.89 bits per heavy atom. The highest BCUT2D eigenvalue weighted by Crippen LogP contribution is 2.09. The van der Waals surface area contributed by atoms with Gasteiger partial charge in [0.1, 0.15) is 18.0 Å². The highest BCUT2D eigenvalue weighted by Gasteiger charge is 2.17. The van der Waals surface area contributed by atoms with E-state index in [0.717, 1.165) is 50.8 Å². The maximum atomic E-state index is 4.23. The maximum absolute atomic E-state index is 4.23. The molecule has 106 valence electrons. The van der Waals surface area contributed by atoms with E-state index in [1.54, 1.807) is 6.33 Å². The van der Waals surface area contributed by atoms with Crippen LogP contribution in [0.25, 0.3) is 0 Å². The molecule has 2 heterocycles. The number of rotatable bonds is 6. The third-order valence-corrected chi connectivity index (χ3v) is 3.45. The van der Waals surface area contributed by atoms with Gasteiger partial charge in [0.15, 0.2) is 0 Å². The van der Waals surface area contributed by atoms with Crippen molar-refractivity contribution in [1.29, 1.82) is 0 Å². The first kappa shape index (κ1) is 14.0. The van der Waals surface area contributed by atoms with Crippen LogP contribution < -0.4 is 16.0 Å². The summed E-state index contributed by atoms with van der Waals surface area (Å²) >= 11 is 0. The van der Waals surface area contributed by atoms with Crippen molar-refractivity contribution in [2.45, 2.75) is 19.4 Å². The smallest absolute Gasteiger partial charge is 0.131 e. The van der Waals surface area contributed by atoms with Crippen LogP contribution in [0.4, 0.5) is 11.6 Å². The number of nitrogens with one attached hydrogen (secondary N) is 3. The number of nitrogens with zero attached hydrogens (tertiary/aromatic N) is 3. The average molecular weight is 264 g/mol. The van der Waals surface area contributed by atoms with E-state index in [1.807, 2.05) is 6.07 Å². The van der Waals surface area contributed by atoms with E-state index in [0.29, 0.717) is 6.04 Å². The fourth-order valence-corrected chi connectivity index (χ4v) is 2.28. The third kappa shape index (κ3) is 4.33. The van der Waals surface area contributed by atoms with Gasteiger partial charge in [-0.15, -0.1) is 0 Å². The lowest BCUT2D eigenvalue weighted by Gasteiger charge is -2.33. The summed E-state index contributed by atoms with van der Waals surface area (Å²) in [5, 5.41) is 9.99. The zero-order valence-electron chi connectivity index (χ0n) is 11.8. The summed E-state index contributed by atoms with van der Waals surface area (Å²) < 4.78 is 0. The van der Waals surface area contributed by atoms with Gasteiger partial charge < -0.3 is 20.9 Å². The van der Waals surface area contributed by atoms with Gasteiger partial charge in [-0.05, 0) is 20.4 Å². The van der Waals surface area contributed by atoms with Gasteiger partial charge in [0.05, 0.1) is 0 Å². The van der Waals surface area contributed by atoms with Gasteiger partial charge in [0, 0.05) is 44.8 Å². The summed E-state index contributed by atoms with van der Waals surface area (Å²) in [6.07, 6.45) is 2.71. The minimum absolute atomic E-state index is 0.608. The molecule has 0 aliphatic carbocycles. The molecule has 1 unspecified atom stereocenters. The number of piperazine rings is 1. The highest BCUT2D eigenvalue weighted by molar-refractivity contribution is 5.46. The molecule has 1 fully saturated rings. The topological polar surface area (TPSA) is 65.1 Å². The number of aromatic nitrogens is 2. The van der Waals surface area contributed by atoms with Crippen molar-refractivity contribution in [3.63, 3.8) is 0 Å². The Labute approximate surface area is 115 Å². The molecule has 0 saturated carbocycles. The van der Waals surface area contributed by atoms with Crippen LogP contribution >= 0.6 is 0 Å². The van der Waals surface area contributed by atoms with Gasteiger partial charge in [0.2, 0.25) is 0 Å². The van der Waals surface area contributed by atoms with Crippen LogP contribution in [-0.4, -0.2) is 60.7 Å². The van der Waals surface area contributed by atoms with Crippen molar-refractivity contribution in [3.05, 3.63) is 12.4 Å². The van der Waals surface area contributed by atoms with E-state index in [1.165, 1.54) is 0 Å². The molecule has 1 atom stereocenters. The van der Waals surface area contributed by atoms with E-state index in [2.05, 4.69) is 44.8 Å². The van der Waals surface area contributed by atoms with Crippen molar-refractivity contribution in [3.8, 4) is 0 Å². The lowest BCUT2D eigenvalue weighted by atomic mass is 10.1. The maximum Gasteiger partial charge on any atom is 0.131 e. The Morgan fingerprint density at radius 2 is 2.16 bits per heavy atom. The summed E-state index contributed by atoms with van der Waals surface area (Å²) in [6, 6.07) is 2.56. The first-order valence-electron chi connectivity index (χ1n) is 7.00. The Morgan fingerprint density at radius 1 is 1.37 bits per heavy atom. The molecule has 0 aromatic carbocycles. The van der Waals surface area contributed by atoms with Gasteiger partial charge >= 0.3 is 0 Å². The quantitative estimate of drug-likeness (QED) is 0.700. The molecular weight excluding hydrogens is 240 g/mol. The zero-order chi connectivity index (χ0) is 13.5. The lowest BCUT2D eigenvalue weighted by Crippen LogP contribution is -2.49. The fourth-order valence-electron chi connectivity index (χ4n) is 2.28. The first-order valence-corrected chi connectivity index (χ1v) is 7.00. The third-order valence-electron chi connectivity index (χ3n) is 3.45. The Kier molecular flexibility index (Phi) is 5.35. The molecule has 6 heteroatoms. The molecule has 2 rings (SSSR count). The molecule has 0 radical (unpaired) electrons. The van der Waals surface area contributed by atoms with E-state index in [4.69, 9.17) is 0 Å². The van der Waals surface area contributed by atoms with Crippen LogP contribution in [-0.2, 0) is 0 Å². The molecule has 1 aliphatic rings. The second-order valence-corrected chi connectivity index (χ2v) is 4.87. The number of likely N-dealkylation sites (N-methyl/N-ethyl adjacent to an activating group) is 1. The monoisotopic (exact) mass is 264 g/mol. The van der Waals surface area contributed by atoms with E-state index < -0.39 is 0 Å². The second-order valence-electron chi connectivity index (χ2n) is 4.87. The molecule has 0 amide bonds. The molecule has 6 nitrogen and oxygen atoms in total. The SMILES string of the molecule is CCNc1cc(NCCC2CNCCN2C)ncn1. The van der Waals surface area contributed by atoms with E-state index in [-0.39, 0.29) is 0 Å². The van der Waals surface area contributed by atoms with E-state index in [9.17, 15) is 0 Å². The van der Waals surface area contributed by atoms with Gasteiger partial charge in [-0.25, -0.2) is 9.97 Å². The summed E-state index contributed by atoms with van der Waals surface area (Å²) in [4.78, 5) is 10.8. The largest absolute Gasteiger partial charge is 0.370 e. The number of hydrogen-bond donors (Lipinski definition) is 3. The van der Waals surface area contributed by atoms with Crippen molar-refractivity contribution in [2.24, 2.45) is 0 Å².